The van der Waals surface area contributed by atoms with Crippen LogP contribution >= 0.6 is 0 Å². The van der Waals surface area contributed by atoms with Crippen molar-refractivity contribution in [1.82, 2.24) is 10.3 Å². The molecule has 0 bridgehead atoms. The Hall–Kier alpha value is -1.58. The van der Waals surface area contributed by atoms with Crippen molar-refractivity contribution in [2.45, 2.75) is 13.8 Å². The maximum absolute atomic E-state index is 11.3. The summed E-state index contributed by atoms with van der Waals surface area (Å²) < 4.78 is 0. The van der Waals surface area contributed by atoms with Gasteiger partial charge in [-0.05, 0) is 12.1 Å². The van der Waals surface area contributed by atoms with E-state index in [0.717, 1.165) is 12.4 Å². The van der Waals surface area contributed by atoms with Crippen LogP contribution in [0.5, 0.6) is 0 Å². The van der Waals surface area contributed by atoms with Crippen molar-refractivity contribution in [2.75, 3.05) is 25.0 Å². The number of nitrogens with zero attached hydrogens (tertiary/aromatic N) is 2. The molecule has 0 atom stereocenters. The average Bonchev–Trinajstić information content (AvgIpc) is 2.29. The standard InChI is InChI=1S/C12H19N3O/c1-10(2)12(16)14-8-9-15(3)11-6-4-5-7-13-11/h4-7,10H,8-9H2,1-3H3,(H,14,16). The van der Waals surface area contributed by atoms with Crippen LogP contribution in [0.2, 0.25) is 0 Å². The van der Waals surface area contributed by atoms with Gasteiger partial charge >= 0.3 is 0 Å². The summed E-state index contributed by atoms with van der Waals surface area (Å²) in [6, 6.07) is 5.79. The molecular formula is C12H19N3O. The number of pyridine rings is 1. The van der Waals surface area contributed by atoms with E-state index in [1.807, 2.05) is 44.0 Å². The van der Waals surface area contributed by atoms with Gasteiger partial charge in [-0.15, -0.1) is 0 Å². The molecule has 0 aromatic carbocycles. The summed E-state index contributed by atoms with van der Waals surface area (Å²) in [5, 5.41) is 2.87. The number of anilines is 1. The Morgan fingerprint density at radius 3 is 2.81 bits per heavy atom. The average molecular weight is 221 g/mol. The minimum Gasteiger partial charge on any atom is -0.358 e. The van der Waals surface area contributed by atoms with E-state index in [9.17, 15) is 4.79 Å². The number of carbonyl (C=O) groups is 1. The highest BCUT2D eigenvalue weighted by Gasteiger charge is 2.06. The lowest BCUT2D eigenvalue weighted by Crippen LogP contribution is -2.35. The van der Waals surface area contributed by atoms with Gasteiger partial charge in [-0.3, -0.25) is 4.79 Å². The Kier molecular flexibility index (Phi) is 4.76. The SMILES string of the molecule is CC(C)C(=O)NCCN(C)c1ccccn1. The zero-order valence-corrected chi connectivity index (χ0v) is 10.1. The Morgan fingerprint density at radius 2 is 2.25 bits per heavy atom. The maximum Gasteiger partial charge on any atom is 0.222 e. The van der Waals surface area contributed by atoms with Crippen LogP contribution in [-0.2, 0) is 4.79 Å². The number of aromatic nitrogens is 1. The molecule has 16 heavy (non-hydrogen) atoms. The van der Waals surface area contributed by atoms with Gasteiger partial charge in [0.05, 0.1) is 0 Å². The number of hydrogen-bond donors (Lipinski definition) is 1. The first-order valence-electron chi connectivity index (χ1n) is 5.51. The van der Waals surface area contributed by atoms with Gasteiger partial charge in [-0.2, -0.15) is 0 Å². The molecule has 4 heteroatoms. The zero-order chi connectivity index (χ0) is 12.0. The first kappa shape index (κ1) is 12.5. The van der Waals surface area contributed by atoms with Crippen LogP contribution in [0.1, 0.15) is 13.8 Å². The summed E-state index contributed by atoms with van der Waals surface area (Å²) in [5.41, 5.74) is 0. The Balaban J connectivity index is 2.31. The first-order chi connectivity index (χ1) is 7.61. The van der Waals surface area contributed by atoms with Crippen molar-refractivity contribution in [3.05, 3.63) is 24.4 Å². The highest BCUT2D eigenvalue weighted by molar-refractivity contribution is 5.77. The molecule has 0 fully saturated rings. The number of likely N-dealkylation sites (N-methyl/N-ethyl adjacent to an activating group) is 1. The number of nitrogens with one attached hydrogen (secondary N) is 1. The summed E-state index contributed by atoms with van der Waals surface area (Å²) in [4.78, 5) is 17.6. The van der Waals surface area contributed by atoms with Crippen LogP contribution in [0.3, 0.4) is 0 Å². The van der Waals surface area contributed by atoms with Crippen LogP contribution in [-0.4, -0.2) is 31.0 Å². The highest BCUT2D eigenvalue weighted by atomic mass is 16.1. The Morgan fingerprint density at radius 1 is 1.50 bits per heavy atom. The van der Waals surface area contributed by atoms with E-state index in [1.165, 1.54) is 0 Å². The molecule has 88 valence electrons. The second-order valence-corrected chi connectivity index (χ2v) is 4.06. The fourth-order valence-corrected chi connectivity index (χ4v) is 1.25. The fourth-order valence-electron chi connectivity index (χ4n) is 1.25. The molecule has 1 rings (SSSR count). The molecule has 0 unspecified atom stereocenters. The van der Waals surface area contributed by atoms with Crippen molar-refractivity contribution >= 4 is 11.7 Å². The monoisotopic (exact) mass is 221 g/mol. The van der Waals surface area contributed by atoms with E-state index in [1.54, 1.807) is 6.20 Å². The third-order valence-corrected chi connectivity index (χ3v) is 2.31. The van der Waals surface area contributed by atoms with Crippen molar-refractivity contribution in [2.24, 2.45) is 5.92 Å². The number of rotatable bonds is 5. The molecule has 0 aliphatic carbocycles. The summed E-state index contributed by atoms with van der Waals surface area (Å²) in [7, 11) is 1.96. The Labute approximate surface area is 96.7 Å². The van der Waals surface area contributed by atoms with Crippen molar-refractivity contribution in [3.8, 4) is 0 Å². The maximum atomic E-state index is 11.3. The van der Waals surface area contributed by atoms with Crippen LogP contribution in [0.4, 0.5) is 5.82 Å². The van der Waals surface area contributed by atoms with E-state index in [-0.39, 0.29) is 11.8 Å². The molecule has 0 radical (unpaired) electrons. The van der Waals surface area contributed by atoms with Gasteiger partial charge in [-0.25, -0.2) is 4.98 Å². The Bertz CT molecular complexity index is 324. The van der Waals surface area contributed by atoms with Gasteiger partial charge in [-0.1, -0.05) is 19.9 Å². The van der Waals surface area contributed by atoms with Crippen LogP contribution in [0.15, 0.2) is 24.4 Å². The number of carbonyl (C=O) groups excluding carboxylic acids is 1. The lowest BCUT2D eigenvalue weighted by Gasteiger charge is -2.18. The summed E-state index contributed by atoms with van der Waals surface area (Å²) in [6.45, 7) is 5.18. The molecule has 0 aliphatic heterocycles. The molecule has 1 aromatic rings. The molecule has 4 nitrogen and oxygen atoms in total. The lowest BCUT2D eigenvalue weighted by atomic mass is 10.2. The van der Waals surface area contributed by atoms with Gasteiger partial charge in [0.1, 0.15) is 5.82 Å². The summed E-state index contributed by atoms with van der Waals surface area (Å²) in [6.07, 6.45) is 1.76. The molecule has 1 heterocycles. The largest absolute Gasteiger partial charge is 0.358 e. The summed E-state index contributed by atoms with van der Waals surface area (Å²) in [5.74, 6) is 1.05. The molecule has 0 saturated heterocycles. The van der Waals surface area contributed by atoms with Crippen molar-refractivity contribution < 1.29 is 4.79 Å². The van der Waals surface area contributed by atoms with Crippen LogP contribution < -0.4 is 10.2 Å². The molecule has 0 saturated carbocycles. The van der Waals surface area contributed by atoms with Gasteiger partial charge in [0.15, 0.2) is 0 Å². The lowest BCUT2D eigenvalue weighted by molar-refractivity contribution is -0.123. The molecule has 1 aromatic heterocycles. The van der Waals surface area contributed by atoms with E-state index in [2.05, 4.69) is 10.3 Å². The summed E-state index contributed by atoms with van der Waals surface area (Å²) >= 11 is 0. The highest BCUT2D eigenvalue weighted by Crippen LogP contribution is 2.05. The van der Waals surface area contributed by atoms with Crippen molar-refractivity contribution in [3.63, 3.8) is 0 Å². The van der Waals surface area contributed by atoms with E-state index < -0.39 is 0 Å². The molecule has 0 aliphatic rings. The number of hydrogen-bond acceptors (Lipinski definition) is 3. The van der Waals surface area contributed by atoms with E-state index >= 15 is 0 Å². The van der Waals surface area contributed by atoms with E-state index in [0.29, 0.717) is 6.54 Å². The van der Waals surface area contributed by atoms with Gasteiger partial charge in [0.2, 0.25) is 5.91 Å². The molecule has 1 N–H and O–H groups in total. The van der Waals surface area contributed by atoms with E-state index in [4.69, 9.17) is 0 Å². The predicted molar refractivity (Wildman–Crippen MR) is 65.4 cm³/mol. The predicted octanol–water partition coefficient (Wildman–Crippen LogP) is 1.29. The number of amides is 1. The minimum atomic E-state index is 0.0418. The normalized spacial score (nSPS) is 10.2. The smallest absolute Gasteiger partial charge is 0.222 e. The second kappa shape index (κ2) is 6.10. The van der Waals surface area contributed by atoms with Crippen LogP contribution in [0.25, 0.3) is 0 Å². The van der Waals surface area contributed by atoms with Gasteiger partial charge < -0.3 is 10.2 Å². The van der Waals surface area contributed by atoms with Gasteiger partial charge in [0, 0.05) is 32.3 Å². The second-order valence-electron chi connectivity index (χ2n) is 4.06. The molecular weight excluding hydrogens is 202 g/mol. The molecule has 0 spiro atoms. The van der Waals surface area contributed by atoms with Gasteiger partial charge in [0.25, 0.3) is 0 Å². The first-order valence-corrected chi connectivity index (χ1v) is 5.51. The third kappa shape index (κ3) is 3.88. The third-order valence-electron chi connectivity index (χ3n) is 2.31. The fraction of sp³-hybridized carbons (Fsp3) is 0.500. The molecule has 1 amide bonds. The topological polar surface area (TPSA) is 45.2 Å². The zero-order valence-electron chi connectivity index (χ0n) is 10.1. The minimum absolute atomic E-state index is 0.0418. The van der Waals surface area contributed by atoms with Crippen molar-refractivity contribution in [1.29, 1.82) is 0 Å². The quantitative estimate of drug-likeness (QED) is 0.815. The van der Waals surface area contributed by atoms with Crippen LogP contribution in [0, 0.1) is 5.92 Å².